The van der Waals surface area contributed by atoms with Crippen LogP contribution >= 0.6 is 0 Å². The maximum absolute atomic E-state index is 14.1. The highest BCUT2D eigenvalue weighted by molar-refractivity contribution is 6.30. The standard InChI is InChI=1S/C28H31N5O3/c1-5-32(6-2)23-14-12-22(13-15-23)30-28(29-20(3)34)26(21-10-8-7-9-11-21)31-33(27(28)35)24-16-18-25(36-4)19-17-24/h7-19,30H,5-6H2,1-4H3,(H,29,34). The van der Waals surface area contributed by atoms with Crippen molar-refractivity contribution in [2.24, 2.45) is 5.10 Å². The molecule has 4 rings (SSSR count). The Balaban J connectivity index is 1.80. The van der Waals surface area contributed by atoms with Gasteiger partial charge in [-0.3, -0.25) is 9.59 Å². The number of hydrazone groups is 1. The van der Waals surface area contributed by atoms with Crippen LogP contribution in [0.15, 0.2) is 84.0 Å². The fourth-order valence-corrected chi connectivity index (χ4v) is 4.33. The minimum atomic E-state index is -1.61. The Labute approximate surface area is 211 Å². The van der Waals surface area contributed by atoms with Gasteiger partial charge < -0.3 is 20.3 Å². The molecule has 186 valence electrons. The summed E-state index contributed by atoms with van der Waals surface area (Å²) in [6.45, 7) is 7.38. The van der Waals surface area contributed by atoms with E-state index in [0.29, 0.717) is 28.4 Å². The molecule has 36 heavy (non-hydrogen) atoms. The molecule has 0 radical (unpaired) electrons. The molecular formula is C28H31N5O3. The fourth-order valence-electron chi connectivity index (χ4n) is 4.33. The van der Waals surface area contributed by atoms with Crippen molar-refractivity contribution in [3.63, 3.8) is 0 Å². The van der Waals surface area contributed by atoms with Crippen LogP contribution in [0.25, 0.3) is 0 Å². The Morgan fingerprint density at radius 3 is 2.17 bits per heavy atom. The molecule has 0 bridgehead atoms. The number of carbonyl (C=O) groups is 2. The van der Waals surface area contributed by atoms with Crippen LogP contribution in [0.3, 0.4) is 0 Å². The first-order valence-electron chi connectivity index (χ1n) is 12.0. The molecule has 8 heteroatoms. The van der Waals surface area contributed by atoms with E-state index in [4.69, 9.17) is 9.84 Å². The van der Waals surface area contributed by atoms with E-state index in [1.165, 1.54) is 11.9 Å². The molecule has 1 heterocycles. The van der Waals surface area contributed by atoms with Crippen molar-refractivity contribution in [1.29, 1.82) is 0 Å². The summed E-state index contributed by atoms with van der Waals surface area (Å²) in [5.41, 5.74) is 1.81. The number of carbonyl (C=O) groups excluding carboxylic acids is 2. The average molecular weight is 486 g/mol. The van der Waals surface area contributed by atoms with Gasteiger partial charge in [0, 0.05) is 37.0 Å². The van der Waals surface area contributed by atoms with E-state index >= 15 is 0 Å². The zero-order valence-corrected chi connectivity index (χ0v) is 21.0. The third kappa shape index (κ3) is 4.75. The second-order valence-electron chi connectivity index (χ2n) is 8.40. The summed E-state index contributed by atoms with van der Waals surface area (Å²) in [6, 6.07) is 24.2. The Morgan fingerprint density at radius 1 is 0.972 bits per heavy atom. The van der Waals surface area contributed by atoms with E-state index in [2.05, 4.69) is 29.4 Å². The van der Waals surface area contributed by atoms with Gasteiger partial charge in [-0.1, -0.05) is 30.3 Å². The fraction of sp³-hybridized carbons (Fsp3) is 0.250. The zero-order chi connectivity index (χ0) is 25.7. The number of nitrogens with one attached hydrogen (secondary N) is 2. The van der Waals surface area contributed by atoms with Crippen molar-refractivity contribution < 1.29 is 14.3 Å². The van der Waals surface area contributed by atoms with Crippen LogP contribution in [0.2, 0.25) is 0 Å². The third-order valence-corrected chi connectivity index (χ3v) is 6.12. The summed E-state index contributed by atoms with van der Waals surface area (Å²) in [6.07, 6.45) is 0. The van der Waals surface area contributed by atoms with Gasteiger partial charge in [0.15, 0.2) is 0 Å². The number of hydrogen-bond acceptors (Lipinski definition) is 6. The van der Waals surface area contributed by atoms with E-state index in [1.54, 1.807) is 31.4 Å². The number of methoxy groups -OCH3 is 1. The second kappa shape index (κ2) is 10.5. The minimum Gasteiger partial charge on any atom is -0.497 e. The van der Waals surface area contributed by atoms with E-state index < -0.39 is 11.6 Å². The molecule has 3 aromatic rings. The average Bonchev–Trinajstić information content (AvgIpc) is 3.17. The summed E-state index contributed by atoms with van der Waals surface area (Å²) in [4.78, 5) is 28.8. The van der Waals surface area contributed by atoms with Gasteiger partial charge in [0.05, 0.1) is 12.8 Å². The second-order valence-corrected chi connectivity index (χ2v) is 8.40. The number of nitrogens with zero attached hydrogens (tertiary/aromatic N) is 3. The van der Waals surface area contributed by atoms with Crippen molar-refractivity contribution in [2.75, 3.05) is 35.4 Å². The quantitative estimate of drug-likeness (QED) is 0.443. The SMILES string of the molecule is CCN(CC)c1ccc(NC2(NC(C)=O)C(=O)N(c3ccc(OC)cc3)N=C2c2ccccc2)cc1. The normalized spacial score (nSPS) is 16.9. The summed E-state index contributed by atoms with van der Waals surface area (Å²) in [5, 5.41) is 12.2. The van der Waals surface area contributed by atoms with Crippen molar-refractivity contribution >= 4 is 34.6 Å². The van der Waals surface area contributed by atoms with Gasteiger partial charge in [0.2, 0.25) is 11.6 Å². The number of hydrogen-bond donors (Lipinski definition) is 2. The smallest absolute Gasteiger partial charge is 0.300 e. The highest BCUT2D eigenvalue weighted by Gasteiger charge is 2.53. The predicted octanol–water partition coefficient (Wildman–Crippen LogP) is 4.24. The highest BCUT2D eigenvalue weighted by Crippen LogP contribution is 2.32. The van der Waals surface area contributed by atoms with Gasteiger partial charge >= 0.3 is 5.91 Å². The van der Waals surface area contributed by atoms with Gasteiger partial charge in [-0.25, -0.2) is 0 Å². The molecule has 1 aliphatic heterocycles. The molecular weight excluding hydrogens is 454 g/mol. The molecule has 0 fully saturated rings. The van der Waals surface area contributed by atoms with Crippen LogP contribution in [-0.4, -0.2) is 43.4 Å². The molecule has 0 spiro atoms. The molecule has 1 atom stereocenters. The molecule has 1 unspecified atom stereocenters. The molecule has 0 saturated carbocycles. The van der Waals surface area contributed by atoms with E-state index in [-0.39, 0.29) is 5.91 Å². The molecule has 0 aromatic heterocycles. The topological polar surface area (TPSA) is 86.3 Å². The summed E-state index contributed by atoms with van der Waals surface area (Å²) < 4.78 is 5.25. The predicted molar refractivity (Wildman–Crippen MR) is 144 cm³/mol. The van der Waals surface area contributed by atoms with Crippen LogP contribution in [0.5, 0.6) is 5.75 Å². The van der Waals surface area contributed by atoms with Crippen molar-refractivity contribution in [1.82, 2.24) is 5.32 Å². The minimum absolute atomic E-state index is 0.365. The lowest BCUT2D eigenvalue weighted by molar-refractivity contribution is -0.127. The number of amides is 2. The molecule has 3 aromatic carbocycles. The Kier molecular flexibility index (Phi) is 7.24. The maximum Gasteiger partial charge on any atom is 0.300 e. The van der Waals surface area contributed by atoms with Gasteiger partial charge in [-0.05, 0) is 62.4 Å². The van der Waals surface area contributed by atoms with E-state index in [0.717, 1.165) is 18.8 Å². The Bertz CT molecular complexity index is 1240. The Morgan fingerprint density at radius 2 is 1.61 bits per heavy atom. The first kappa shape index (κ1) is 24.8. The number of benzene rings is 3. The van der Waals surface area contributed by atoms with Crippen LogP contribution in [0, 0.1) is 0 Å². The van der Waals surface area contributed by atoms with Crippen LogP contribution in [0.1, 0.15) is 26.3 Å². The van der Waals surface area contributed by atoms with E-state index in [1.807, 2.05) is 54.6 Å². The van der Waals surface area contributed by atoms with Gasteiger partial charge in [0.1, 0.15) is 11.5 Å². The molecule has 8 nitrogen and oxygen atoms in total. The summed E-state index contributed by atoms with van der Waals surface area (Å²) in [5.74, 6) is -0.123. The summed E-state index contributed by atoms with van der Waals surface area (Å²) >= 11 is 0. The van der Waals surface area contributed by atoms with Crippen molar-refractivity contribution in [3.8, 4) is 5.75 Å². The first-order chi connectivity index (χ1) is 17.4. The zero-order valence-electron chi connectivity index (χ0n) is 21.0. The molecule has 0 aliphatic carbocycles. The number of rotatable bonds is 9. The lowest BCUT2D eigenvalue weighted by atomic mass is 9.95. The van der Waals surface area contributed by atoms with Crippen LogP contribution in [-0.2, 0) is 9.59 Å². The monoisotopic (exact) mass is 485 g/mol. The molecule has 2 N–H and O–H groups in total. The largest absolute Gasteiger partial charge is 0.497 e. The third-order valence-electron chi connectivity index (χ3n) is 6.12. The first-order valence-corrected chi connectivity index (χ1v) is 12.0. The van der Waals surface area contributed by atoms with Gasteiger partial charge in [0.25, 0.3) is 0 Å². The summed E-state index contributed by atoms with van der Waals surface area (Å²) in [7, 11) is 1.58. The highest BCUT2D eigenvalue weighted by atomic mass is 16.5. The lowest BCUT2D eigenvalue weighted by Gasteiger charge is -2.32. The van der Waals surface area contributed by atoms with Crippen molar-refractivity contribution in [3.05, 3.63) is 84.4 Å². The number of ether oxygens (including phenoxy) is 1. The van der Waals surface area contributed by atoms with Gasteiger partial charge in [-0.2, -0.15) is 10.1 Å². The van der Waals surface area contributed by atoms with Gasteiger partial charge in [-0.15, -0.1) is 0 Å². The molecule has 0 saturated heterocycles. The van der Waals surface area contributed by atoms with Crippen molar-refractivity contribution in [2.45, 2.75) is 26.4 Å². The van der Waals surface area contributed by atoms with Crippen LogP contribution in [0.4, 0.5) is 17.1 Å². The van der Waals surface area contributed by atoms with Crippen LogP contribution < -0.4 is 25.3 Å². The van der Waals surface area contributed by atoms with E-state index in [9.17, 15) is 9.59 Å². The maximum atomic E-state index is 14.1. The Hall–Kier alpha value is -4.33. The molecule has 1 aliphatic rings. The lowest BCUT2D eigenvalue weighted by Crippen LogP contribution is -2.64. The molecule has 2 amide bonds. The number of anilines is 3.